The Morgan fingerprint density at radius 1 is 1.50 bits per heavy atom. The zero-order valence-corrected chi connectivity index (χ0v) is 4.61. The first-order valence-electron chi connectivity index (χ1n) is 2.31. The first-order valence-corrected chi connectivity index (χ1v) is 2.31. The Balaban J connectivity index is 2.96. The fourth-order valence-electron chi connectivity index (χ4n) is 0.456. The van der Waals surface area contributed by atoms with Crippen molar-refractivity contribution < 1.29 is 18.3 Å². The Bertz CT molecular complexity index is 229. The minimum atomic E-state index is -4.51. The normalized spacial score (nSPS) is 11.9. The second-order valence-electron chi connectivity index (χ2n) is 1.61. The van der Waals surface area contributed by atoms with Crippen molar-refractivity contribution in [1.29, 1.82) is 0 Å². The molecule has 10 heavy (non-hydrogen) atoms. The number of halogens is 3. The Morgan fingerprint density at radius 2 is 2.10 bits per heavy atom. The van der Waals surface area contributed by atoms with Crippen LogP contribution in [0.15, 0.2) is 6.20 Å². The van der Waals surface area contributed by atoms with Crippen molar-refractivity contribution in [2.24, 2.45) is 0 Å². The van der Waals surface area contributed by atoms with Crippen LogP contribution in [-0.2, 0) is 6.18 Å². The highest BCUT2D eigenvalue weighted by Crippen LogP contribution is 2.27. The lowest BCUT2D eigenvalue weighted by Crippen LogP contribution is -2.06. The van der Waals surface area contributed by atoms with E-state index in [0.717, 1.165) is 0 Å². The van der Waals surface area contributed by atoms with E-state index in [1.807, 2.05) is 0 Å². The summed E-state index contributed by atoms with van der Waals surface area (Å²) in [6.07, 6.45) is -3.82. The van der Waals surface area contributed by atoms with Gasteiger partial charge in [-0.3, -0.25) is 0 Å². The molecule has 0 aliphatic heterocycles. The van der Waals surface area contributed by atoms with Crippen molar-refractivity contribution in [3.05, 3.63) is 12.0 Å². The quantitative estimate of drug-likeness (QED) is 0.585. The van der Waals surface area contributed by atoms with Gasteiger partial charge in [-0.05, 0) is 0 Å². The summed E-state index contributed by atoms with van der Waals surface area (Å²) in [6.45, 7) is 0. The molecule has 0 aliphatic rings. The topological polar surface area (TPSA) is 48.9 Å². The molecule has 56 valence electrons. The highest BCUT2D eigenvalue weighted by atomic mass is 19.4. The summed E-state index contributed by atoms with van der Waals surface area (Å²) in [5, 5.41) is 8.40. The van der Waals surface area contributed by atoms with Gasteiger partial charge < -0.3 is 10.1 Å². The monoisotopic (exact) mass is 152 g/mol. The third-order valence-electron chi connectivity index (χ3n) is 0.831. The maximum Gasteiger partial charge on any atom is 0.449 e. The smallest absolute Gasteiger partial charge is 0.449 e. The van der Waals surface area contributed by atoms with Gasteiger partial charge in [-0.25, -0.2) is 4.98 Å². The number of aromatic hydroxyl groups is 1. The molecule has 0 atom stereocenters. The van der Waals surface area contributed by atoms with E-state index in [2.05, 4.69) is 4.98 Å². The number of aromatic amines is 1. The van der Waals surface area contributed by atoms with Crippen molar-refractivity contribution >= 4 is 0 Å². The molecule has 0 radical (unpaired) electrons. The summed E-state index contributed by atoms with van der Waals surface area (Å²) in [5.41, 5.74) is 0. The summed E-state index contributed by atoms with van der Waals surface area (Å²) in [5.74, 6) is -1.78. The minimum absolute atomic E-state index is 0.590. The van der Waals surface area contributed by atoms with Crippen LogP contribution in [0, 0.1) is 0 Å². The molecule has 0 spiro atoms. The minimum Gasteiger partial charge on any atom is -0.493 e. The van der Waals surface area contributed by atoms with Crippen LogP contribution >= 0.6 is 0 Å². The Morgan fingerprint density at radius 3 is 2.30 bits per heavy atom. The van der Waals surface area contributed by atoms with Crippen LogP contribution in [0.5, 0.6) is 5.88 Å². The lowest BCUT2D eigenvalue weighted by molar-refractivity contribution is -0.144. The van der Waals surface area contributed by atoms with Gasteiger partial charge in [0, 0.05) is 0 Å². The fourth-order valence-corrected chi connectivity index (χ4v) is 0.456. The molecular weight excluding hydrogens is 149 g/mol. The average molecular weight is 152 g/mol. The van der Waals surface area contributed by atoms with Gasteiger partial charge in [-0.1, -0.05) is 0 Å². The largest absolute Gasteiger partial charge is 0.493 e. The van der Waals surface area contributed by atoms with Gasteiger partial charge in [0.2, 0.25) is 11.7 Å². The first kappa shape index (κ1) is 6.91. The van der Waals surface area contributed by atoms with Gasteiger partial charge in [-0.15, -0.1) is 0 Å². The molecule has 6 heteroatoms. The second-order valence-corrected chi connectivity index (χ2v) is 1.61. The van der Waals surface area contributed by atoms with E-state index in [0.29, 0.717) is 6.20 Å². The van der Waals surface area contributed by atoms with Crippen molar-refractivity contribution in [3.8, 4) is 5.88 Å². The highest BCUT2D eigenvalue weighted by molar-refractivity contribution is 5.06. The van der Waals surface area contributed by atoms with E-state index in [-0.39, 0.29) is 0 Å². The molecule has 0 amide bonds. The second kappa shape index (κ2) is 1.89. The molecule has 1 aromatic rings. The fraction of sp³-hybridized carbons (Fsp3) is 0.250. The number of hydrogen-bond acceptors (Lipinski definition) is 2. The van der Waals surface area contributed by atoms with E-state index in [4.69, 9.17) is 5.11 Å². The zero-order valence-electron chi connectivity index (χ0n) is 4.61. The maximum absolute atomic E-state index is 11.6. The predicted octanol–water partition coefficient (Wildman–Crippen LogP) is 1.13. The van der Waals surface area contributed by atoms with Gasteiger partial charge in [0.05, 0.1) is 6.20 Å². The van der Waals surface area contributed by atoms with Gasteiger partial charge in [0.15, 0.2) is 0 Å². The summed E-state index contributed by atoms with van der Waals surface area (Å²) in [4.78, 5) is 4.49. The lowest BCUT2D eigenvalue weighted by atomic mass is 10.6. The Kier molecular flexibility index (Phi) is 1.31. The van der Waals surface area contributed by atoms with Crippen molar-refractivity contribution in [2.45, 2.75) is 6.18 Å². The maximum atomic E-state index is 11.6. The summed E-state index contributed by atoms with van der Waals surface area (Å²) >= 11 is 0. The molecule has 0 saturated carbocycles. The molecule has 0 aliphatic carbocycles. The van der Waals surface area contributed by atoms with E-state index in [1.165, 1.54) is 0 Å². The molecule has 0 fully saturated rings. The molecule has 0 bridgehead atoms. The number of aromatic nitrogens is 2. The molecule has 1 rings (SSSR count). The molecule has 2 N–H and O–H groups in total. The van der Waals surface area contributed by atoms with E-state index in [9.17, 15) is 13.2 Å². The number of nitrogens with zero attached hydrogens (tertiary/aromatic N) is 1. The molecule has 1 aromatic heterocycles. The van der Waals surface area contributed by atoms with E-state index < -0.39 is 17.9 Å². The molecule has 1 heterocycles. The number of hydrogen-bond donors (Lipinski definition) is 2. The van der Waals surface area contributed by atoms with Gasteiger partial charge in [0.1, 0.15) is 0 Å². The lowest BCUT2D eigenvalue weighted by Gasteiger charge is -1.98. The van der Waals surface area contributed by atoms with Gasteiger partial charge >= 0.3 is 6.18 Å². The average Bonchev–Trinajstić information content (AvgIpc) is 2.11. The molecular formula is C4H3F3N2O. The standard InChI is InChI=1S/C4H3F3N2O/c5-4(6,7)3-8-1-2(10)9-3/h1,10H,(H,8,9). The number of alkyl halides is 3. The molecule has 0 saturated heterocycles. The van der Waals surface area contributed by atoms with Crippen molar-refractivity contribution in [2.75, 3.05) is 0 Å². The van der Waals surface area contributed by atoms with Crippen LogP contribution in [0.4, 0.5) is 13.2 Å². The molecule has 0 unspecified atom stereocenters. The number of imidazole rings is 1. The van der Waals surface area contributed by atoms with Crippen LogP contribution < -0.4 is 0 Å². The number of nitrogens with one attached hydrogen (secondary N) is 1. The third kappa shape index (κ3) is 1.20. The van der Waals surface area contributed by atoms with Crippen molar-refractivity contribution in [1.82, 2.24) is 9.97 Å². The molecule has 0 aromatic carbocycles. The Hall–Kier alpha value is -1.20. The van der Waals surface area contributed by atoms with Crippen LogP contribution in [0.1, 0.15) is 5.82 Å². The summed E-state index contributed by atoms with van der Waals surface area (Å²) < 4.78 is 34.8. The van der Waals surface area contributed by atoms with E-state index >= 15 is 0 Å². The highest BCUT2D eigenvalue weighted by Gasteiger charge is 2.34. The van der Waals surface area contributed by atoms with Crippen LogP contribution in [0.25, 0.3) is 0 Å². The number of H-pyrrole nitrogens is 1. The summed E-state index contributed by atoms with van der Waals surface area (Å²) in [7, 11) is 0. The third-order valence-corrected chi connectivity index (χ3v) is 0.831. The zero-order chi connectivity index (χ0) is 7.78. The van der Waals surface area contributed by atoms with Gasteiger partial charge in [-0.2, -0.15) is 13.2 Å². The Labute approximate surface area is 53.5 Å². The molecule has 3 nitrogen and oxygen atoms in total. The van der Waals surface area contributed by atoms with Crippen LogP contribution in [0.3, 0.4) is 0 Å². The summed E-state index contributed by atoms with van der Waals surface area (Å²) in [6, 6.07) is 0. The van der Waals surface area contributed by atoms with Gasteiger partial charge in [0.25, 0.3) is 0 Å². The SMILES string of the molecule is Oc1cnc(C(F)(F)F)[nH]1. The predicted molar refractivity (Wildman–Crippen MR) is 25.3 cm³/mol. The van der Waals surface area contributed by atoms with Crippen LogP contribution in [0.2, 0.25) is 0 Å². The van der Waals surface area contributed by atoms with E-state index in [1.54, 1.807) is 4.98 Å². The number of rotatable bonds is 0. The first-order chi connectivity index (χ1) is 4.50. The van der Waals surface area contributed by atoms with Crippen LogP contribution in [-0.4, -0.2) is 15.1 Å². The van der Waals surface area contributed by atoms with Crippen molar-refractivity contribution in [3.63, 3.8) is 0 Å².